The Hall–Kier alpha value is -2.41. The first-order valence-electron chi connectivity index (χ1n) is 10.9. The number of amides is 3. The summed E-state index contributed by atoms with van der Waals surface area (Å²) >= 11 is 0. The summed E-state index contributed by atoms with van der Waals surface area (Å²) < 4.78 is 0. The first kappa shape index (κ1) is 23.9. The van der Waals surface area contributed by atoms with E-state index in [9.17, 15) is 14.4 Å². The number of nitrogens with one attached hydrogen (secondary N) is 1. The number of likely N-dealkylation sites (N-methyl/N-ethyl adjacent to an activating group) is 1. The van der Waals surface area contributed by atoms with Crippen molar-refractivity contribution in [3.63, 3.8) is 0 Å². The zero-order valence-corrected chi connectivity index (χ0v) is 18.4. The van der Waals surface area contributed by atoms with Gasteiger partial charge in [0.1, 0.15) is 6.04 Å². The van der Waals surface area contributed by atoms with E-state index in [1.165, 1.54) is 4.90 Å². The van der Waals surface area contributed by atoms with E-state index >= 15 is 0 Å². The monoisotopic (exact) mass is 417 g/mol. The third-order valence-corrected chi connectivity index (χ3v) is 5.47. The van der Waals surface area contributed by atoms with Crippen molar-refractivity contribution >= 4 is 17.7 Å². The average molecular weight is 418 g/mol. The molecular formula is C23H35N3O4. The van der Waals surface area contributed by atoms with Crippen LogP contribution in [0, 0.1) is 5.92 Å². The van der Waals surface area contributed by atoms with Crippen molar-refractivity contribution in [1.82, 2.24) is 15.3 Å². The second-order valence-electron chi connectivity index (χ2n) is 8.12. The molecule has 1 fully saturated rings. The maximum atomic E-state index is 13.2. The maximum absolute atomic E-state index is 13.2. The zero-order chi connectivity index (χ0) is 21.9. The number of unbranched alkanes of at least 4 members (excludes halogenated alkanes) is 2. The summed E-state index contributed by atoms with van der Waals surface area (Å²) in [6, 6.07) is 9.14. The number of nitrogens with zero attached hydrogens (tertiary/aromatic N) is 2. The van der Waals surface area contributed by atoms with Crippen molar-refractivity contribution in [3.8, 4) is 0 Å². The Morgan fingerprint density at radius 2 is 1.93 bits per heavy atom. The van der Waals surface area contributed by atoms with Crippen molar-refractivity contribution < 1.29 is 19.2 Å². The molecule has 1 aliphatic rings. The molecule has 1 heterocycles. The highest BCUT2D eigenvalue weighted by molar-refractivity contribution is 5.91. The molecule has 30 heavy (non-hydrogen) atoms. The number of likely N-dealkylation sites (tertiary alicyclic amines) is 1. The number of carbonyl (C=O) groups excluding carboxylic acids is 3. The van der Waals surface area contributed by atoms with E-state index in [0.717, 1.165) is 31.2 Å². The first-order chi connectivity index (χ1) is 14.4. The third kappa shape index (κ3) is 7.13. The van der Waals surface area contributed by atoms with E-state index in [1.54, 1.807) is 19.0 Å². The van der Waals surface area contributed by atoms with Gasteiger partial charge in [-0.2, -0.15) is 0 Å². The minimum atomic E-state index is -0.438. The maximum Gasteiger partial charge on any atom is 0.244 e. The minimum absolute atomic E-state index is 0.0520. The quantitative estimate of drug-likeness (QED) is 0.444. The summed E-state index contributed by atoms with van der Waals surface area (Å²) in [5, 5.41) is 0. The molecule has 166 valence electrons. The van der Waals surface area contributed by atoms with Gasteiger partial charge in [-0.1, -0.05) is 56.5 Å². The summed E-state index contributed by atoms with van der Waals surface area (Å²) in [7, 11) is 3.42. The van der Waals surface area contributed by atoms with Gasteiger partial charge in [0.25, 0.3) is 0 Å². The topological polar surface area (TPSA) is 79.0 Å². The molecule has 0 aliphatic carbocycles. The lowest BCUT2D eigenvalue weighted by molar-refractivity contribution is -0.147. The van der Waals surface area contributed by atoms with Crippen LogP contribution in [0.15, 0.2) is 30.3 Å². The van der Waals surface area contributed by atoms with Gasteiger partial charge < -0.3 is 9.80 Å². The van der Waals surface area contributed by atoms with Crippen LogP contribution in [0.1, 0.15) is 57.4 Å². The van der Waals surface area contributed by atoms with Gasteiger partial charge in [-0.3, -0.25) is 19.2 Å². The molecule has 0 radical (unpaired) electrons. The van der Waals surface area contributed by atoms with E-state index < -0.39 is 12.0 Å². The molecule has 1 aliphatic heterocycles. The molecule has 0 aromatic heterocycles. The number of benzene rings is 1. The fraction of sp³-hybridized carbons (Fsp3) is 0.609. The van der Waals surface area contributed by atoms with Gasteiger partial charge >= 0.3 is 0 Å². The van der Waals surface area contributed by atoms with Gasteiger partial charge in [-0.25, -0.2) is 5.48 Å². The van der Waals surface area contributed by atoms with Crippen LogP contribution in [0.2, 0.25) is 0 Å². The van der Waals surface area contributed by atoms with E-state index in [1.807, 2.05) is 30.3 Å². The van der Waals surface area contributed by atoms with Gasteiger partial charge in [-0.15, -0.1) is 0 Å². The van der Waals surface area contributed by atoms with Gasteiger partial charge in [0, 0.05) is 33.0 Å². The number of hydroxylamine groups is 1. The summed E-state index contributed by atoms with van der Waals surface area (Å²) in [4.78, 5) is 46.7. The fourth-order valence-corrected chi connectivity index (χ4v) is 3.81. The Morgan fingerprint density at radius 1 is 1.20 bits per heavy atom. The van der Waals surface area contributed by atoms with Gasteiger partial charge in [-0.05, 0) is 24.8 Å². The molecule has 7 heteroatoms. The second-order valence-corrected chi connectivity index (χ2v) is 8.12. The van der Waals surface area contributed by atoms with Crippen LogP contribution < -0.4 is 5.48 Å². The van der Waals surface area contributed by atoms with Gasteiger partial charge in [0.2, 0.25) is 17.7 Å². The predicted molar refractivity (Wildman–Crippen MR) is 115 cm³/mol. The van der Waals surface area contributed by atoms with Crippen molar-refractivity contribution in [1.29, 1.82) is 0 Å². The van der Waals surface area contributed by atoms with Crippen LogP contribution in [0.25, 0.3) is 0 Å². The molecule has 0 bridgehead atoms. The standard InChI is InChI=1S/C23H35N3O4/c1-4-5-7-13-19(16-21(27)24-30-17-18-11-8-6-9-12-18)22(28)26-15-10-14-20(26)23(29)25(2)3/h6,8-9,11-12,19-20H,4-5,7,10,13-17H2,1-3H3,(H,24,27)/t19-,20+/m1/s1. The van der Waals surface area contributed by atoms with E-state index in [-0.39, 0.29) is 30.7 Å². The van der Waals surface area contributed by atoms with Crippen LogP contribution in [0.5, 0.6) is 0 Å². The zero-order valence-electron chi connectivity index (χ0n) is 18.4. The minimum Gasteiger partial charge on any atom is -0.347 e. The average Bonchev–Trinajstić information content (AvgIpc) is 3.22. The molecule has 0 saturated carbocycles. The molecule has 2 rings (SSSR count). The lowest BCUT2D eigenvalue weighted by atomic mass is 9.95. The molecule has 0 spiro atoms. The molecule has 1 aromatic rings. The number of hydrogen-bond acceptors (Lipinski definition) is 4. The Morgan fingerprint density at radius 3 is 2.60 bits per heavy atom. The van der Waals surface area contributed by atoms with E-state index in [4.69, 9.17) is 4.84 Å². The molecule has 7 nitrogen and oxygen atoms in total. The summed E-state index contributed by atoms with van der Waals surface area (Å²) in [5.41, 5.74) is 3.42. The number of carbonyl (C=O) groups is 3. The fourth-order valence-electron chi connectivity index (χ4n) is 3.81. The summed E-state index contributed by atoms with van der Waals surface area (Å²) in [5.74, 6) is -0.895. The molecule has 1 saturated heterocycles. The van der Waals surface area contributed by atoms with Crippen LogP contribution in [0.4, 0.5) is 0 Å². The third-order valence-electron chi connectivity index (χ3n) is 5.47. The van der Waals surface area contributed by atoms with E-state index in [0.29, 0.717) is 19.4 Å². The molecule has 2 atom stereocenters. The molecule has 1 N–H and O–H groups in total. The summed E-state index contributed by atoms with van der Waals surface area (Å²) in [6.07, 6.45) is 5.12. The largest absolute Gasteiger partial charge is 0.347 e. The first-order valence-corrected chi connectivity index (χ1v) is 10.9. The normalized spacial score (nSPS) is 16.9. The van der Waals surface area contributed by atoms with Crippen molar-refractivity contribution in [3.05, 3.63) is 35.9 Å². The van der Waals surface area contributed by atoms with Gasteiger partial charge in [0.15, 0.2) is 0 Å². The highest BCUT2D eigenvalue weighted by Gasteiger charge is 2.38. The smallest absolute Gasteiger partial charge is 0.244 e. The van der Waals surface area contributed by atoms with Crippen LogP contribution in [-0.2, 0) is 25.8 Å². The Kier molecular flexibility index (Phi) is 9.80. The van der Waals surface area contributed by atoms with Gasteiger partial charge in [0.05, 0.1) is 6.61 Å². The van der Waals surface area contributed by atoms with Crippen molar-refractivity contribution in [2.24, 2.45) is 5.92 Å². The van der Waals surface area contributed by atoms with Crippen LogP contribution in [0.3, 0.4) is 0 Å². The van der Waals surface area contributed by atoms with Crippen LogP contribution >= 0.6 is 0 Å². The molecule has 0 unspecified atom stereocenters. The Labute approximate surface area is 179 Å². The Balaban J connectivity index is 1.95. The van der Waals surface area contributed by atoms with E-state index in [2.05, 4.69) is 12.4 Å². The lowest BCUT2D eigenvalue weighted by Gasteiger charge is -2.29. The molecular weight excluding hydrogens is 382 g/mol. The Bertz CT molecular complexity index is 693. The highest BCUT2D eigenvalue weighted by Crippen LogP contribution is 2.25. The summed E-state index contributed by atoms with van der Waals surface area (Å²) in [6.45, 7) is 2.94. The number of rotatable bonds is 11. The SMILES string of the molecule is CCCCC[C@H](CC(=O)NOCc1ccccc1)C(=O)N1CCC[C@H]1C(=O)N(C)C. The molecule has 1 aromatic carbocycles. The number of hydrogen-bond donors (Lipinski definition) is 1. The highest BCUT2D eigenvalue weighted by atomic mass is 16.6. The van der Waals surface area contributed by atoms with Crippen LogP contribution in [-0.4, -0.2) is 54.2 Å². The van der Waals surface area contributed by atoms with Crippen molar-refractivity contribution in [2.45, 2.75) is 64.5 Å². The molecule has 3 amide bonds. The predicted octanol–water partition coefficient (Wildman–Crippen LogP) is 2.90. The van der Waals surface area contributed by atoms with Crippen molar-refractivity contribution in [2.75, 3.05) is 20.6 Å². The second kappa shape index (κ2) is 12.3. The lowest BCUT2D eigenvalue weighted by Crippen LogP contribution is -2.48.